The largest absolute Gasteiger partial charge is 0.399 e. The first-order valence-corrected chi connectivity index (χ1v) is 9.96. The van der Waals surface area contributed by atoms with Gasteiger partial charge in [-0.05, 0) is 36.8 Å². The van der Waals surface area contributed by atoms with Crippen molar-refractivity contribution in [2.45, 2.75) is 6.42 Å². The Hall–Kier alpha value is -3.65. The van der Waals surface area contributed by atoms with Crippen molar-refractivity contribution in [3.63, 3.8) is 0 Å². The van der Waals surface area contributed by atoms with Crippen molar-refractivity contribution in [3.8, 4) is 16.9 Å². The zero-order chi connectivity index (χ0) is 20.5. The lowest BCUT2D eigenvalue weighted by Crippen LogP contribution is -2.28. The second kappa shape index (κ2) is 7.64. The lowest BCUT2D eigenvalue weighted by molar-refractivity contribution is 0.152. The standard InChI is InChI=1S/C22H22N6O2/c23-15-5-7-16(8-6-15)28-14-19(25-26-28)17-3-1-4-18-20(29)13-21(24-22(17)18)27-9-2-11-30-12-10-27/h1,3-8,13-14H,2,9-12,23H2,(H,24,29). The van der Waals surface area contributed by atoms with E-state index in [1.807, 2.05) is 48.7 Å². The van der Waals surface area contributed by atoms with Gasteiger partial charge in [-0.1, -0.05) is 17.3 Å². The van der Waals surface area contributed by atoms with Crippen LogP contribution < -0.4 is 16.1 Å². The van der Waals surface area contributed by atoms with Crippen molar-refractivity contribution < 1.29 is 4.74 Å². The summed E-state index contributed by atoms with van der Waals surface area (Å²) in [6.07, 6.45) is 2.78. The predicted octanol–water partition coefficient (Wildman–Crippen LogP) is 2.58. The fourth-order valence-electron chi connectivity index (χ4n) is 3.77. The van der Waals surface area contributed by atoms with Gasteiger partial charge in [0.15, 0.2) is 5.43 Å². The van der Waals surface area contributed by atoms with Crippen LogP contribution in [0.15, 0.2) is 59.5 Å². The highest BCUT2D eigenvalue weighted by Crippen LogP contribution is 2.27. The SMILES string of the molecule is Nc1ccc(-n2cc(-c3cccc4c(=O)cc(N5CCCOCC5)[nH]c34)nn2)cc1. The van der Waals surface area contributed by atoms with E-state index in [-0.39, 0.29) is 5.43 Å². The maximum Gasteiger partial charge on any atom is 0.191 e. The number of fused-ring (bicyclic) bond motifs is 1. The quantitative estimate of drug-likeness (QED) is 0.511. The number of benzene rings is 2. The molecule has 30 heavy (non-hydrogen) atoms. The van der Waals surface area contributed by atoms with Crippen LogP contribution in [0.5, 0.6) is 0 Å². The minimum absolute atomic E-state index is 0.0170. The molecule has 152 valence electrons. The Morgan fingerprint density at radius 3 is 2.80 bits per heavy atom. The van der Waals surface area contributed by atoms with Gasteiger partial charge in [-0.2, -0.15) is 0 Å². The number of aromatic nitrogens is 4. The number of hydrogen-bond acceptors (Lipinski definition) is 6. The molecule has 2 aromatic carbocycles. The average Bonchev–Trinajstić information content (AvgIpc) is 3.08. The Labute approximate surface area is 172 Å². The van der Waals surface area contributed by atoms with Crippen LogP contribution in [0.4, 0.5) is 11.5 Å². The number of pyridine rings is 1. The Morgan fingerprint density at radius 1 is 1.07 bits per heavy atom. The van der Waals surface area contributed by atoms with Crippen LogP contribution in [0.1, 0.15) is 6.42 Å². The van der Waals surface area contributed by atoms with Crippen LogP contribution in [-0.2, 0) is 4.74 Å². The minimum atomic E-state index is -0.0170. The molecule has 8 nitrogen and oxygen atoms in total. The number of ether oxygens (including phenoxy) is 1. The van der Waals surface area contributed by atoms with E-state index in [1.54, 1.807) is 10.7 Å². The minimum Gasteiger partial charge on any atom is -0.399 e. The number of nitrogens with zero attached hydrogens (tertiary/aromatic N) is 4. The van der Waals surface area contributed by atoms with Gasteiger partial charge < -0.3 is 20.4 Å². The molecule has 0 aliphatic carbocycles. The van der Waals surface area contributed by atoms with Crippen molar-refractivity contribution in [2.24, 2.45) is 0 Å². The summed E-state index contributed by atoms with van der Waals surface area (Å²) in [7, 11) is 0. The van der Waals surface area contributed by atoms with Gasteiger partial charge in [0.25, 0.3) is 0 Å². The smallest absolute Gasteiger partial charge is 0.191 e. The van der Waals surface area contributed by atoms with Crippen LogP contribution in [-0.4, -0.2) is 46.3 Å². The van der Waals surface area contributed by atoms with Gasteiger partial charge in [0.2, 0.25) is 0 Å². The molecule has 1 aliphatic rings. The highest BCUT2D eigenvalue weighted by atomic mass is 16.5. The van der Waals surface area contributed by atoms with E-state index >= 15 is 0 Å². The Bertz CT molecular complexity index is 1240. The van der Waals surface area contributed by atoms with E-state index in [4.69, 9.17) is 10.5 Å². The van der Waals surface area contributed by atoms with Gasteiger partial charge in [0, 0.05) is 42.4 Å². The molecule has 0 spiro atoms. The molecule has 3 heterocycles. The number of para-hydroxylation sites is 1. The fraction of sp³-hybridized carbons (Fsp3) is 0.227. The van der Waals surface area contributed by atoms with Gasteiger partial charge in [-0.15, -0.1) is 5.10 Å². The number of nitrogens with one attached hydrogen (secondary N) is 1. The van der Waals surface area contributed by atoms with Crippen LogP contribution in [0.2, 0.25) is 0 Å². The summed E-state index contributed by atoms with van der Waals surface area (Å²) in [5.41, 5.74) is 9.59. The monoisotopic (exact) mass is 402 g/mol. The third kappa shape index (κ3) is 3.42. The molecule has 4 aromatic rings. The van der Waals surface area contributed by atoms with E-state index in [0.29, 0.717) is 23.4 Å². The molecule has 0 saturated carbocycles. The van der Waals surface area contributed by atoms with Gasteiger partial charge in [0.1, 0.15) is 11.5 Å². The third-order valence-electron chi connectivity index (χ3n) is 5.34. The maximum absolute atomic E-state index is 12.8. The van der Waals surface area contributed by atoms with Crippen LogP contribution in [0.3, 0.4) is 0 Å². The van der Waals surface area contributed by atoms with Crippen molar-refractivity contribution in [2.75, 3.05) is 36.9 Å². The third-order valence-corrected chi connectivity index (χ3v) is 5.34. The summed E-state index contributed by atoms with van der Waals surface area (Å²) in [5.74, 6) is 0.802. The van der Waals surface area contributed by atoms with E-state index in [2.05, 4.69) is 20.2 Å². The summed E-state index contributed by atoms with van der Waals surface area (Å²) in [6.45, 7) is 2.99. The summed E-state index contributed by atoms with van der Waals surface area (Å²) >= 11 is 0. The highest BCUT2D eigenvalue weighted by molar-refractivity contribution is 5.93. The maximum atomic E-state index is 12.8. The molecule has 5 rings (SSSR count). The van der Waals surface area contributed by atoms with Gasteiger partial charge in [-0.25, -0.2) is 4.68 Å². The van der Waals surface area contributed by atoms with Gasteiger partial charge in [0.05, 0.1) is 24.0 Å². The summed E-state index contributed by atoms with van der Waals surface area (Å²) in [4.78, 5) is 18.5. The molecule has 0 radical (unpaired) electrons. The molecule has 2 aromatic heterocycles. The number of rotatable bonds is 3. The molecule has 1 aliphatic heterocycles. The summed E-state index contributed by atoms with van der Waals surface area (Å²) in [5, 5.41) is 9.23. The number of nitrogens with two attached hydrogens (primary N) is 1. The van der Waals surface area contributed by atoms with Crippen molar-refractivity contribution in [3.05, 3.63) is 65.0 Å². The van der Waals surface area contributed by atoms with E-state index < -0.39 is 0 Å². The molecular formula is C22H22N6O2. The number of nitrogen functional groups attached to an aromatic ring is 1. The molecular weight excluding hydrogens is 380 g/mol. The van der Waals surface area contributed by atoms with Crippen LogP contribution in [0, 0.1) is 0 Å². The topological polar surface area (TPSA) is 102 Å². The van der Waals surface area contributed by atoms with E-state index in [0.717, 1.165) is 48.7 Å². The highest BCUT2D eigenvalue weighted by Gasteiger charge is 2.16. The summed E-state index contributed by atoms with van der Waals surface area (Å²) < 4.78 is 7.24. The molecule has 0 bridgehead atoms. The Morgan fingerprint density at radius 2 is 1.93 bits per heavy atom. The molecule has 8 heteroatoms. The second-order valence-corrected chi connectivity index (χ2v) is 7.34. The van der Waals surface area contributed by atoms with Gasteiger partial charge in [-0.3, -0.25) is 4.79 Å². The van der Waals surface area contributed by atoms with E-state index in [9.17, 15) is 4.79 Å². The molecule has 0 atom stereocenters. The van der Waals surface area contributed by atoms with Crippen molar-refractivity contribution in [1.82, 2.24) is 20.0 Å². The zero-order valence-electron chi connectivity index (χ0n) is 16.4. The van der Waals surface area contributed by atoms with Crippen molar-refractivity contribution >= 4 is 22.4 Å². The lowest BCUT2D eigenvalue weighted by atomic mass is 10.1. The fourth-order valence-corrected chi connectivity index (χ4v) is 3.77. The molecule has 1 fully saturated rings. The first kappa shape index (κ1) is 18.4. The van der Waals surface area contributed by atoms with E-state index in [1.165, 1.54) is 0 Å². The average molecular weight is 402 g/mol. The second-order valence-electron chi connectivity index (χ2n) is 7.34. The lowest BCUT2D eigenvalue weighted by Gasteiger charge is -2.22. The zero-order valence-corrected chi connectivity index (χ0v) is 16.4. The number of aromatic amines is 1. The number of hydrogen-bond donors (Lipinski definition) is 2. The Kier molecular flexibility index (Phi) is 4.68. The van der Waals surface area contributed by atoms with Gasteiger partial charge >= 0.3 is 0 Å². The first-order chi connectivity index (χ1) is 14.7. The molecule has 0 amide bonds. The van der Waals surface area contributed by atoms with Crippen molar-refractivity contribution in [1.29, 1.82) is 0 Å². The first-order valence-electron chi connectivity index (χ1n) is 9.96. The summed E-state index contributed by atoms with van der Waals surface area (Å²) in [6, 6.07) is 14.7. The molecule has 0 unspecified atom stereocenters. The predicted molar refractivity (Wildman–Crippen MR) is 117 cm³/mol. The van der Waals surface area contributed by atoms with Crippen LogP contribution in [0.25, 0.3) is 27.8 Å². The molecule has 1 saturated heterocycles. The number of H-pyrrole nitrogens is 1. The normalized spacial score (nSPS) is 14.7. The molecule has 3 N–H and O–H groups in total. The Balaban J connectivity index is 1.59. The van der Waals surface area contributed by atoms with Crippen LogP contribution >= 0.6 is 0 Å². The number of anilines is 2.